The number of aromatic nitrogens is 2. The van der Waals surface area contributed by atoms with Crippen LogP contribution in [0.1, 0.15) is 89.3 Å². The maximum atomic E-state index is 14.5. The van der Waals surface area contributed by atoms with E-state index in [1.807, 2.05) is 0 Å². The SMILES string of the molecule is CC[C@H](C)[C@H](NC(=O)[C@@H]1CCCN1C(=O)[C@H](Cc1cnc[nH]1)NC(=O)C1CCCCNC(=O)CCC(NC(=O)[C@H](CCCN=C(N)N)NC(=O)CNC)C(=O)NC(Cc2ccc(O)cc2)C(=O)N1)C(=O)O. The van der Waals surface area contributed by atoms with E-state index in [9.17, 15) is 53.4 Å². The number of imidazole rings is 1. The van der Waals surface area contributed by atoms with Crippen LogP contribution >= 0.6 is 0 Å². The number of guanidine groups is 1. The fourth-order valence-electron chi connectivity index (χ4n) is 8.20. The van der Waals surface area contributed by atoms with Gasteiger partial charge >= 0.3 is 5.97 Å². The Morgan fingerprint density at radius 1 is 0.930 bits per heavy atom. The first kappa shape index (κ1) is 56.3. The van der Waals surface area contributed by atoms with Crippen LogP contribution in [0.3, 0.4) is 0 Å². The summed E-state index contributed by atoms with van der Waals surface area (Å²) in [5.41, 5.74) is 11.8. The van der Waals surface area contributed by atoms with Gasteiger partial charge in [-0.1, -0.05) is 32.4 Å². The number of aliphatic carboxylic acids is 1. The summed E-state index contributed by atoms with van der Waals surface area (Å²) in [4.78, 5) is 135. The van der Waals surface area contributed by atoms with E-state index < -0.39 is 101 Å². The highest BCUT2D eigenvalue weighted by molar-refractivity contribution is 5.98. The molecule has 2 fully saturated rings. The van der Waals surface area contributed by atoms with Crippen LogP contribution in [-0.4, -0.2) is 160 Å². The number of hydrogen-bond donors (Lipinski definition) is 13. The number of phenolic OH excluding ortho intramolecular Hbond substituents is 1. The highest BCUT2D eigenvalue weighted by Crippen LogP contribution is 2.21. The minimum atomic E-state index is -1.41. The van der Waals surface area contributed by atoms with Gasteiger partial charge in [-0.2, -0.15) is 0 Å². The zero-order valence-corrected chi connectivity index (χ0v) is 40.5. The molecule has 3 unspecified atom stereocenters. The first-order chi connectivity index (χ1) is 33.9. The summed E-state index contributed by atoms with van der Waals surface area (Å²) in [7, 11) is 1.55. The predicted molar refractivity (Wildman–Crippen MR) is 257 cm³/mol. The third-order valence-electron chi connectivity index (χ3n) is 12.3. The number of hydrogen-bond acceptors (Lipinski definition) is 13. The minimum absolute atomic E-state index is 0.0156. The minimum Gasteiger partial charge on any atom is -0.508 e. The summed E-state index contributed by atoms with van der Waals surface area (Å²) in [5, 5.41) is 41.4. The molecule has 2 aliphatic heterocycles. The summed E-state index contributed by atoms with van der Waals surface area (Å²) < 4.78 is 0. The lowest BCUT2D eigenvalue weighted by Gasteiger charge is -2.31. The lowest BCUT2D eigenvalue weighted by molar-refractivity contribution is -0.146. The molecule has 4 rings (SSSR count). The average molecular weight is 995 g/mol. The zero-order chi connectivity index (χ0) is 52.0. The molecule has 8 amide bonds. The molecule has 2 aromatic rings. The monoisotopic (exact) mass is 995 g/mol. The number of nitrogens with zero attached hydrogens (tertiary/aromatic N) is 3. The molecule has 15 N–H and O–H groups in total. The van der Waals surface area contributed by atoms with Crippen LogP contribution in [0, 0.1) is 5.92 Å². The Morgan fingerprint density at radius 2 is 1.68 bits per heavy atom. The molecule has 0 aliphatic carbocycles. The Morgan fingerprint density at radius 3 is 2.34 bits per heavy atom. The molecule has 1 aromatic heterocycles. The summed E-state index contributed by atoms with van der Waals surface area (Å²) in [6, 6.07) is -2.99. The van der Waals surface area contributed by atoms with Crippen molar-refractivity contribution < 1.29 is 53.4 Å². The highest BCUT2D eigenvalue weighted by atomic mass is 16.4. The number of benzene rings is 1. The normalized spacial score (nSPS) is 20.7. The van der Waals surface area contributed by atoms with Crippen molar-refractivity contribution in [3.63, 3.8) is 0 Å². The fraction of sp³-hybridized carbons (Fsp3) is 0.587. The topological polar surface area (TPSA) is 387 Å². The molecule has 1 aromatic carbocycles. The van der Waals surface area contributed by atoms with Gasteiger partial charge in [0.1, 0.15) is 48.0 Å². The van der Waals surface area contributed by atoms with Crippen LogP contribution in [0.5, 0.6) is 5.75 Å². The second kappa shape index (κ2) is 28.4. The molecule has 0 bridgehead atoms. The number of nitrogens with two attached hydrogens (primary N) is 2. The first-order valence-electron chi connectivity index (χ1n) is 24.0. The van der Waals surface area contributed by atoms with Gasteiger partial charge in [-0.05, 0) is 82.0 Å². The summed E-state index contributed by atoms with van der Waals surface area (Å²) in [6.45, 7) is 3.81. The zero-order valence-electron chi connectivity index (χ0n) is 40.5. The van der Waals surface area contributed by atoms with Crippen molar-refractivity contribution in [1.82, 2.24) is 57.4 Å². The van der Waals surface area contributed by atoms with E-state index in [1.165, 1.54) is 41.7 Å². The average Bonchev–Trinajstić information content (AvgIpc) is 4.05. The molecule has 0 spiro atoms. The van der Waals surface area contributed by atoms with E-state index in [-0.39, 0.29) is 89.3 Å². The highest BCUT2D eigenvalue weighted by Gasteiger charge is 2.41. The lowest BCUT2D eigenvalue weighted by atomic mass is 9.98. The van der Waals surface area contributed by atoms with Crippen molar-refractivity contribution in [2.24, 2.45) is 22.4 Å². The Bertz CT molecular complexity index is 2170. The number of likely N-dealkylation sites (N-methyl/N-ethyl adjacent to an activating group) is 1. The van der Waals surface area contributed by atoms with Gasteiger partial charge < -0.3 is 74.1 Å². The second-order valence-corrected chi connectivity index (χ2v) is 17.8. The summed E-state index contributed by atoms with van der Waals surface area (Å²) in [6.07, 6.45) is 4.30. The standard InChI is InChI=1S/C46H70N14O11/c1-4-26(2)38(45(70)71)59-43(68)35-11-8-20-60(35)44(69)34(22-28-23-50-25-53-28)58-40(65)31-9-5-6-18-51-36(62)17-16-32(41(66)57-33(42(67)55-31)21-27-12-14-29(61)15-13-27)56-39(64)30(54-37(63)24-49-3)10-7-19-52-46(47)48/h12-15,23,25-26,30-35,38,49,61H,4-11,16-22,24H2,1-3H3,(H,50,53)(H,51,62)(H,54,63)(H,55,67)(H,56,64)(H,57,66)(H,58,65)(H,59,68)(H,70,71)(H4,47,48,52)/t26-,30-,31?,32?,33?,34-,35-,38-/m0/s1. The Balaban J connectivity index is 1.64. The van der Waals surface area contributed by atoms with Crippen molar-refractivity contribution in [1.29, 1.82) is 0 Å². The van der Waals surface area contributed by atoms with Crippen LogP contribution in [0.25, 0.3) is 0 Å². The molecular formula is C46H70N14O11. The number of carbonyl (C=O) groups is 9. The molecule has 0 radical (unpaired) electrons. The second-order valence-electron chi connectivity index (χ2n) is 17.8. The van der Waals surface area contributed by atoms with Crippen molar-refractivity contribution in [2.75, 3.05) is 33.2 Å². The molecule has 8 atom stereocenters. The Hall–Kier alpha value is -7.31. The number of aromatic hydroxyl groups is 1. The van der Waals surface area contributed by atoms with E-state index in [1.54, 1.807) is 20.9 Å². The third kappa shape index (κ3) is 18.2. The molecule has 71 heavy (non-hydrogen) atoms. The van der Waals surface area contributed by atoms with Gasteiger partial charge in [0.05, 0.1) is 12.9 Å². The van der Waals surface area contributed by atoms with E-state index in [4.69, 9.17) is 11.5 Å². The third-order valence-corrected chi connectivity index (χ3v) is 12.3. The number of carbonyl (C=O) groups excluding carboxylic acids is 8. The van der Waals surface area contributed by atoms with E-state index in [0.29, 0.717) is 36.9 Å². The largest absolute Gasteiger partial charge is 0.508 e. The van der Waals surface area contributed by atoms with Crippen LogP contribution in [-0.2, 0) is 56.0 Å². The van der Waals surface area contributed by atoms with Crippen LogP contribution in [0.2, 0.25) is 0 Å². The van der Waals surface area contributed by atoms with Gasteiger partial charge in [-0.3, -0.25) is 43.3 Å². The van der Waals surface area contributed by atoms with E-state index in [2.05, 4.69) is 57.5 Å². The molecule has 390 valence electrons. The number of carboxylic acid groups (broad SMARTS) is 1. The number of aromatic amines is 1. The molecule has 3 heterocycles. The van der Waals surface area contributed by atoms with Crippen molar-refractivity contribution in [3.05, 3.63) is 48.0 Å². The van der Waals surface area contributed by atoms with E-state index in [0.717, 1.165) is 0 Å². The smallest absolute Gasteiger partial charge is 0.326 e. The molecule has 2 aliphatic rings. The Kier molecular flexibility index (Phi) is 22.5. The quantitative estimate of drug-likeness (QED) is 0.0344. The number of H-pyrrole nitrogens is 1. The van der Waals surface area contributed by atoms with Gasteiger partial charge in [-0.15, -0.1) is 0 Å². The van der Waals surface area contributed by atoms with Gasteiger partial charge in [0.25, 0.3) is 0 Å². The predicted octanol–water partition coefficient (Wildman–Crippen LogP) is -2.72. The maximum absolute atomic E-state index is 14.5. The first-order valence-corrected chi connectivity index (χ1v) is 24.0. The van der Waals surface area contributed by atoms with E-state index >= 15 is 0 Å². The fourth-order valence-corrected chi connectivity index (χ4v) is 8.20. The number of aliphatic imine (C=N–C) groups is 1. The van der Waals surface area contributed by atoms with Crippen molar-refractivity contribution in [3.8, 4) is 5.75 Å². The van der Waals surface area contributed by atoms with Crippen LogP contribution in [0.15, 0.2) is 41.8 Å². The molecule has 0 saturated carbocycles. The number of amides is 8. The number of likely N-dealkylation sites (tertiary alicyclic amines) is 1. The number of carboxylic acids is 1. The molecule has 25 heteroatoms. The molecule has 25 nitrogen and oxygen atoms in total. The van der Waals surface area contributed by atoms with Crippen molar-refractivity contribution in [2.45, 2.75) is 133 Å². The van der Waals surface area contributed by atoms with Crippen molar-refractivity contribution >= 4 is 59.2 Å². The van der Waals surface area contributed by atoms with Gasteiger partial charge in [0, 0.05) is 50.8 Å². The number of phenols is 1. The Labute approximate surface area is 411 Å². The summed E-state index contributed by atoms with van der Waals surface area (Å²) >= 11 is 0. The maximum Gasteiger partial charge on any atom is 0.326 e. The number of nitrogens with one attached hydrogen (secondary N) is 9. The van der Waals surface area contributed by atoms with Gasteiger partial charge in [-0.25, -0.2) is 9.78 Å². The van der Waals surface area contributed by atoms with Crippen LogP contribution < -0.4 is 54.0 Å². The summed E-state index contributed by atoms with van der Waals surface area (Å²) in [5.74, 6) is -7.30. The number of rotatable bonds is 21. The molecule has 2 saturated heterocycles. The van der Waals surface area contributed by atoms with Crippen LogP contribution in [0.4, 0.5) is 0 Å². The molecular weight excluding hydrogens is 925 g/mol. The lowest BCUT2D eigenvalue weighted by Crippen LogP contribution is -2.60. The van der Waals surface area contributed by atoms with Gasteiger partial charge in [0.2, 0.25) is 47.3 Å². The van der Waals surface area contributed by atoms with Gasteiger partial charge in [0.15, 0.2) is 5.96 Å².